The van der Waals surface area contributed by atoms with Crippen molar-refractivity contribution in [3.05, 3.63) is 12.2 Å². The lowest BCUT2D eigenvalue weighted by molar-refractivity contribution is -0.162. The van der Waals surface area contributed by atoms with E-state index in [0.717, 1.165) is 44.9 Å². The third kappa shape index (κ3) is 4.00. The van der Waals surface area contributed by atoms with Gasteiger partial charge in [0.25, 0.3) is 0 Å². The summed E-state index contributed by atoms with van der Waals surface area (Å²) in [7, 11) is 0. The van der Waals surface area contributed by atoms with Crippen molar-refractivity contribution in [3.8, 4) is 0 Å². The van der Waals surface area contributed by atoms with Crippen LogP contribution in [0.5, 0.6) is 0 Å². The molecule has 3 aliphatic carbocycles. The average Bonchev–Trinajstić information content (AvgIpc) is 3.05. The Balaban J connectivity index is 1.46. The second-order valence-corrected chi connectivity index (χ2v) is 9.28. The molecule has 0 aromatic carbocycles. The van der Waals surface area contributed by atoms with Gasteiger partial charge in [-0.2, -0.15) is 0 Å². The fourth-order valence-corrected chi connectivity index (χ4v) is 5.58. The van der Waals surface area contributed by atoms with Crippen molar-refractivity contribution in [1.82, 2.24) is 0 Å². The molecular formula is C23H34O6. The molecule has 2 bridgehead atoms. The second kappa shape index (κ2) is 8.58. The lowest BCUT2D eigenvalue weighted by atomic mass is 9.67. The number of fused-ring (bicyclic) bond motifs is 2. The van der Waals surface area contributed by atoms with Crippen molar-refractivity contribution >= 4 is 17.7 Å². The molecule has 6 nitrogen and oxygen atoms in total. The predicted octanol–water partition coefficient (Wildman–Crippen LogP) is 4.11. The number of hydrogen-bond donors (Lipinski definition) is 0. The topological polar surface area (TPSA) is 78.9 Å². The first-order valence-electron chi connectivity index (χ1n) is 10.9. The van der Waals surface area contributed by atoms with Gasteiger partial charge in [0, 0.05) is 16.9 Å². The van der Waals surface area contributed by atoms with Crippen LogP contribution >= 0.6 is 0 Å². The molecule has 6 heteroatoms. The summed E-state index contributed by atoms with van der Waals surface area (Å²) >= 11 is 0. The highest BCUT2D eigenvalue weighted by Gasteiger charge is 2.68. The summed E-state index contributed by atoms with van der Waals surface area (Å²) in [5.41, 5.74) is -0.576. The molecule has 0 heterocycles. The molecule has 0 N–H and O–H groups in total. The number of carbonyl (C=O) groups is 3. The molecule has 0 amide bonds. The predicted molar refractivity (Wildman–Crippen MR) is 107 cm³/mol. The van der Waals surface area contributed by atoms with Crippen LogP contribution in [-0.2, 0) is 28.6 Å². The van der Waals surface area contributed by atoms with Crippen LogP contribution in [0.15, 0.2) is 12.2 Å². The summed E-state index contributed by atoms with van der Waals surface area (Å²) in [5, 5.41) is 0. The maximum Gasteiger partial charge on any atom is 0.336 e. The summed E-state index contributed by atoms with van der Waals surface area (Å²) in [6.07, 6.45) is 7.18. The van der Waals surface area contributed by atoms with Crippen molar-refractivity contribution < 1.29 is 28.6 Å². The zero-order valence-electron chi connectivity index (χ0n) is 18.0. The molecule has 4 atom stereocenters. The minimum atomic E-state index is -0.718. The molecule has 0 aromatic heterocycles. The Morgan fingerprint density at radius 2 is 1.83 bits per heavy atom. The van der Waals surface area contributed by atoms with E-state index in [4.69, 9.17) is 14.2 Å². The van der Waals surface area contributed by atoms with E-state index in [9.17, 15) is 14.4 Å². The molecule has 29 heavy (non-hydrogen) atoms. The number of hydrogen-bond acceptors (Lipinski definition) is 6. The Morgan fingerprint density at radius 1 is 1.14 bits per heavy atom. The van der Waals surface area contributed by atoms with E-state index in [-0.39, 0.29) is 42.0 Å². The van der Waals surface area contributed by atoms with Crippen molar-refractivity contribution in [2.45, 2.75) is 90.8 Å². The van der Waals surface area contributed by atoms with Gasteiger partial charge < -0.3 is 14.2 Å². The summed E-state index contributed by atoms with van der Waals surface area (Å²) in [6, 6.07) is 0. The molecule has 0 radical (unpaired) electrons. The molecule has 162 valence electrons. The highest BCUT2D eigenvalue weighted by atomic mass is 16.7. The molecule has 4 unspecified atom stereocenters. The second-order valence-electron chi connectivity index (χ2n) is 9.28. The lowest BCUT2D eigenvalue weighted by Crippen LogP contribution is -2.37. The average molecular weight is 407 g/mol. The van der Waals surface area contributed by atoms with Gasteiger partial charge in [0.15, 0.2) is 18.7 Å². The van der Waals surface area contributed by atoms with Crippen molar-refractivity contribution in [2.75, 3.05) is 6.79 Å². The third-order valence-electron chi connectivity index (χ3n) is 7.89. The van der Waals surface area contributed by atoms with Crippen molar-refractivity contribution in [1.29, 1.82) is 0 Å². The van der Waals surface area contributed by atoms with E-state index >= 15 is 0 Å². The van der Waals surface area contributed by atoms with Crippen LogP contribution < -0.4 is 0 Å². The third-order valence-corrected chi connectivity index (χ3v) is 7.89. The maximum atomic E-state index is 12.9. The minimum absolute atomic E-state index is 0.0144. The molecule has 0 aromatic rings. The Hall–Kier alpha value is -1.69. The van der Waals surface area contributed by atoms with E-state index in [1.165, 1.54) is 6.42 Å². The van der Waals surface area contributed by atoms with E-state index in [1.807, 2.05) is 6.92 Å². The quantitative estimate of drug-likeness (QED) is 0.343. The monoisotopic (exact) mass is 406 g/mol. The highest BCUT2D eigenvalue weighted by Crippen LogP contribution is 2.65. The number of ketones is 1. The summed E-state index contributed by atoms with van der Waals surface area (Å²) < 4.78 is 16.2. The smallest absolute Gasteiger partial charge is 0.336 e. The van der Waals surface area contributed by atoms with Crippen LogP contribution in [0.3, 0.4) is 0 Å². The van der Waals surface area contributed by atoms with Crippen LogP contribution in [0.2, 0.25) is 0 Å². The molecule has 3 rings (SSSR count). The SMILES string of the molecule is C=C(CC(=O)OC1C(=O)C2(C)CCC1C2(C)CC)C(=O)OCOC1CCCCC1. The van der Waals surface area contributed by atoms with Crippen molar-refractivity contribution in [3.63, 3.8) is 0 Å². The van der Waals surface area contributed by atoms with Crippen molar-refractivity contribution in [2.24, 2.45) is 16.7 Å². The number of rotatable bonds is 8. The van der Waals surface area contributed by atoms with Gasteiger partial charge in [-0.05, 0) is 37.5 Å². The Kier molecular flexibility index (Phi) is 6.51. The van der Waals surface area contributed by atoms with Gasteiger partial charge >= 0.3 is 11.9 Å². The zero-order chi connectivity index (χ0) is 21.2. The standard InChI is InChI=1S/C23H34O6/c1-5-22(3)17-11-12-23(22,4)20(25)19(17)29-18(24)13-15(2)21(26)28-14-27-16-9-7-6-8-10-16/h16-17,19H,2,5-14H2,1,3-4H3. The summed E-state index contributed by atoms with van der Waals surface area (Å²) in [6.45, 7) is 9.72. The van der Waals surface area contributed by atoms with Gasteiger partial charge in [-0.25, -0.2) is 4.79 Å². The van der Waals surface area contributed by atoms with Gasteiger partial charge in [0.05, 0.1) is 12.5 Å². The molecule has 0 aliphatic heterocycles. The first-order chi connectivity index (χ1) is 13.7. The van der Waals surface area contributed by atoms with Gasteiger partial charge in [0.1, 0.15) is 0 Å². The summed E-state index contributed by atoms with van der Waals surface area (Å²) in [4.78, 5) is 37.4. The van der Waals surface area contributed by atoms with E-state index in [0.29, 0.717) is 0 Å². The zero-order valence-corrected chi connectivity index (χ0v) is 18.0. The fourth-order valence-electron chi connectivity index (χ4n) is 5.58. The maximum absolute atomic E-state index is 12.9. The van der Waals surface area contributed by atoms with Gasteiger partial charge in [-0.15, -0.1) is 0 Å². The fraction of sp³-hybridized carbons (Fsp3) is 0.783. The van der Waals surface area contributed by atoms with E-state index in [2.05, 4.69) is 20.4 Å². The van der Waals surface area contributed by atoms with Gasteiger partial charge in [-0.1, -0.05) is 46.6 Å². The van der Waals surface area contributed by atoms with Crippen LogP contribution in [0, 0.1) is 16.7 Å². The largest absolute Gasteiger partial charge is 0.454 e. The number of esters is 2. The normalized spacial score (nSPS) is 34.2. The summed E-state index contributed by atoms with van der Waals surface area (Å²) in [5.74, 6) is -1.21. The Labute approximate surface area is 173 Å². The molecule has 0 spiro atoms. The first kappa shape index (κ1) is 22.0. The van der Waals surface area contributed by atoms with Crippen LogP contribution in [0.25, 0.3) is 0 Å². The van der Waals surface area contributed by atoms with Gasteiger partial charge in [0.2, 0.25) is 0 Å². The van der Waals surface area contributed by atoms with Crippen LogP contribution in [0.1, 0.15) is 78.6 Å². The number of Topliss-reactive ketones (excluding diaryl/α,β-unsaturated/α-hetero) is 1. The molecule has 3 saturated carbocycles. The first-order valence-corrected chi connectivity index (χ1v) is 10.9. The molecule has 3 fully saturated rings. The Bertz CT molecular complexity index is 679. The lowest BCUT2D eigenvalue weighted by Gasteiger charge is -2.34. The minimum Gasteiger partial charge on any atom is -0.454 e. The number of carbonyl (C=O) groups excluding carboxylic acids is 3. The van der Waals surface area contributed by atoms with Crippen LogP contribution in [0.4, 0.5) is 0 Å². The van der Waals surface area contributed by atoms with Gasteiger partial charge in [-0.3, -0.25) is 9.59 Å². The molecular weight excluding hydrogens is 372 g/mol. The van der Waals surface area contributed by atoms with Crippen LogP contribution in [-0.4, -0.2) is 36.7 Å². The molecule has 0 saturated heterocycles. The highest BCUT2D eigenvalue weighted by molar-refractivity contribution is 5.97. The Morgan fingerprint density at radius 3 is 2.45 bits per heavy atom. The number of ether oxygens (including phenoxy) is 3. The van der Waals surface area contributed by atoms with E-state index < -0.39 is 23.5 Å². The molecule has 3 aliphatic rings. The van der Waals surface area contributed by atoms with E-state index in [1.54, 1.807) is 0 Å².